The van der Waals surface area contributed by atoms with E-state index in [0.29, 0.717) is 27.6 Å². The number of fused-ring (bicyclic) bond motifs is 5. The van der Waals surface area contributed by atoms with Crippen LogP contribution in [-0.4, -0.2) is 170 Å². The number of carbonyl (C=O) groups is 8. The number of halogens is 1. The molecule has 3 aliphatic heterocycles. The molecule has 5 heterocycles. The van der Waals surface area contributed by atoms with Crippen molar-refractivity contribution in [3.05, 3.63) is 61.7 Å². The van der Waals surface area contributed by atoms with Crippen LogP contribution in [0.5, 0.6) is 0 Å². The number of aromatic nitrogens is 2. The standard InChI is InChI=1S/C49H61FN8O18S/c1-5-49(73)24-10-29-39-22(15-58(29)46(71)23(24)17-75-48(49)72)37-26(7-6-21-20(4)25(50)11-27(55-39)36(21)37)54-34(62)14-52-43(68)28(18-74-47-42(67)41(66)40(65)30(16-59)76-47)56-45(70)38(19(2)3)57-32(60)8-9-51-33(61)13-53-44(69)31(77)12-35(63)64/h10-11,19,26,28,30-31,38,40-42,47,59,65-67,73,77H,5-9,12-18H2,1-4H3,(H,51,61)(H,52,68)(H,53,69)(H,54,62)(H,56,70)(H,57,60)(H,63,64)/t26-,28-,30+,31?,38-,40+,41-,42+,47+,49-/m0/s1/i/hT. The third-order valence-corrected chi connectivity index (χ3v) is 14.4. The number of cyclic esters (lactones) is 1. The van der Waals surface area contributed by atoms with Gasteiger partial charge in [0, 0.05) is 35.5 Å². The third kappa shape index (κ3) is 12.1. The van der Waals surface area contributed by atoms with Crippen LogP contribution in [-0.2, 0) is 77.7 Å². The minimum Gasteiger partial charge on any atom is -0.481 e. The molecule has 12 N–H and O–H groups in total. The van der Waals surface area contributed by atoms with Crippen molar-refractivity contribution >= 4 is 70.8 Å². The Hall–Kier alpha value is -6.66. The quantitative estimate of drug-likeness (QED) is 0.0269. The Morgan fingerprint density at radius 3 is 2.35 bits per heavy atom. The maximum absolute atomic E-state index is 15.5. The molecule has 1 aromatic carbocycles. The van der Waals surface area contributed by atoms with E-state index in [0.717, 1.165) is 0 Å². The van der Waals surface area contributed by atoms with E-state index in [1.54, 1.807) is 27.7 Å². The van der Waals surface area contributed by atoms with E-state index in [1.165, 1.54) is 16.7 Å². The zero-order valence-electron chi connectivity index (χ0n) is 43.2. The highest BCUT2D eigenvalue weighted by Crippen LogP contribution is 2.46. The van der Waals surface area contributed by atoms with E-state index >= 15 is 4.39 Å². The number of esters is 1. The highest BCUT2D eigenvalue weighted by Gasteiger charge is 2.47. The Labute approximate surface area is 444 Å². The zero-order chi connectivity index (χ0) is 57.1. The smallest absolute Gasteiger partial charge is 0.343 e. The second kappa shape index (κ2) is 23.9. The SMILES string of the molecule is [3H]SC(CC(=O)O)C(=O)NCC(=O)NCCC(=O)N[C@H](C(=O)N[C@@H](CO[C@@H]1O[C@H](CO)[C@@H](O)[C@H](O)[C@H]1O)C(=O)NCC(=O)N[C@H]1CCc2c(C)c(F)cc3nc4c(c1c23)Cn1c-4cc2c(c1=O)COC(=O)[C@]2(O)CC)C(C)C. The highest BCUT2D eigenvalue weighted by molar-refractivity contribution is 7.81. The van der Waals surface area contributed by atoms with E-state index in [9.17, 15) is 68.7 Å². The molecule has 3 aromatic rings. The first kappa shape index (κ1) is 56.5. The Balaban J connectivity index is 1.06. The van der Waals surface area contributed by atoms with E-state index in [1.807, 2.05) is 0 Å². The number of aryl methyl sites for hydroxylation is 1. The van der Waals surface area contributed by atoms with E-state index in [-0.39, 0.29) is 85.9 Å². The summed E-state index contributed by atoms with van der Waals surface area (Å²) >= 11 is 0.240. The number of carboxylic acids is 1. The van der Waals surface area contributed by atoms with Crippen LogP contribution in [0.1, 0.15) is 85.9 Å². The van der Waals surface area contributed by atoms with Crippen LogP contribution < -0.4 is 37.5 Å². The summed E-state index contributed by atoms with van der Waals surface area (Å²) in [6.07, 6.45) is -9.36. The summed E-state index contributed by atoms with van der Waals surface area (Å²) in [5.74, 6) is -8.52. The summed E-state index contributed by atoms with van der Waals surface area (Å²) in [5.41, 5.74) is 0.213. The van der Waals surface area contributed by atoms with Crippen LogP contribution in [0.25, 0.3) is 22.3 Å². The minimum atomic E-state index is -2.12. The van der Waals surface area contributed by atoms with Crippen molar-refractivity contribution in [2.45, 2.75) is 133 Å². The summed E-state index contributed by atoms with van der Waals surface area (Å²) in [4.78, 5) is 122. The van der Waals surface area contributed by atoms with Crippen LogP contribution >= 0.6 is 12.5 Å². The number of rotatable bonds is 22. The second-order valence-electron chi connectivity index (χ2n) is 19.5. The second-order valence-corrected chi connectivity index (χ2v) is 20.0. The van der Waals surface area contributed by atoms with Gasteiger partial charge in [0.2, 0.25) is 35.4 Å². The number of hydrogen-bond acceptors (Lipinski definition) is 19. The van der Waals surface area contributed by atoms with Crippen molar-refractivity contribution in [2.24, 2.45) is 5.92 Å². The molecular weight excluding hydrogens is 1040 g/mol. The van der Waals surface area contributed by atoms with Crippen LogP contribution in [0.2, 0.25) is 0 Å². The molecular formula is C49H61FN8O18S. The van der Waals surface area contributed by atoms with Gasteiger partial charge in [-0.2, -0.15) is 12.5 Å². The van der Waals surface area contributed by atoms with Crippen LogP contribution in [0, 0.1) is 18.7 Å². The molecule has 4 aliphatic rings. The van der Waals surface area contributed by atoms with Crippen molar-refractivity contribution in [3.8, 4) is 11.4 Å². The lowest BCUT2D eigenvalue weighted by Crippen LogP contribution is -2.61. The van der Waals surface area contributed by atoms with Crippen molar-refractivity contribution in [3.63, 3.8) is 0 Å². The molecule has 0 bridgehead atoms. The van der Waals surface area contributed by atoms with Crippen LogP contribution in [0.3, 0.4) is 0 Å². The number of ether oxygens (including phenoxy) is 3. The number of pyridine rings is 2. The average Bonchev–Trinajstić information content (AvgIpc) is 4.01. The van der Waals surface area contributed by atoms with Gasteiger partial charge >= 0.3 is 11.9 Å². The summed E-state index contributed by atoms with van der Waals surface area (Å²) in [5, 5.41) is 75.6. The van der Waals surface area contributed by atoms with Gasteiger partial charge in [0.05, 0.1) is 73.0 Å². The molecule has 1 saturated heterocycles. The lowest BCUT2D eigenvalue weighted by atomic mass is 9.81. The normalized spacial score (nSPS) is 23.5. The van der Waals surface area contributed by atoms with E-state index < -0.39 is 157 Å². The Kier molecular flexibility index (Phi) is 17.6. The van der Waals surface area contributed by atoms with Gasteiger partial charge < -0.3 is 81.3 Å². The summed E-state index contributed by atoms with van der Waals surface area (Å²) < 4.78 is 40.5. The Morgan fingerprint density at radius 1 is 0.961 bits per heavy atom. The number of thiol groups is 1. The van der Waals surface area contributed by atoms with Crippen molar-refractivity contribution < 1.29 is 87.6 Å². The molecule has 7 rings (SSSR count). The largest absolute Gasteiger partial charge is 0.481 e. The molecule has 2 aromatic heterocycles. The highest BCUT2D eigenvalue weighted by atomic mass is 32.1. The fourth-order valence-electron chi connectivity index (χ4n) is 9.77. The Morgan fingerprint density at radius 2 is 1.68 bits per heavy atom. The number of nitrogens with one attached hydrogen (secondary N) is 6. The number of hydrogen-bond donors (Lipinski definition) is 13. The fourth-order valence-corrected chi connectivity index (χ4v) is 9.99. The first-order valence-electron chi connectivity index (χ1n) is 25.1. The number of amides is 6. The monoisotopic (exact) mass is 1100 g/mol. The average molecular weight is 1100 g/mol. The summed E-state index contributed by atoms with van der Waals surface area (Å²) in [7, 11) is 0. The molecule has 418 valence electrons. The molecule has 10 atom stereocenters. The lowest BCUT2D eigenvalue weighted by Gasteiger charge is -2.40. The van der Waals surface area contributed by atoms with Gasteiger partial charge in [-0.05, 0) is 54.9 Å². The molecule has 28 heteroatoms. The van der Waals surface area contributed by atoms with Gasteiger partial charge in [-0.15, -0.1) is 0 Å². The zero-order valence-corrected chi connectivity index (χ0v) is 43.0. The molecule has 6 amide bonds. The predicted molar refractivity (Wildman–Crippen MR) is 266 cm³/mol. The number of benzene rings is 1. The van der Waals surface area contributed by atoms with Gasteiger partial charge in [0.1, 0.15) is 50.0 Å². The Bertz CT molecular complexity index is 2960. The number of nitrogens with zero attached hydrogens (tertiary/aromatic N) is 2. The molecule has 1 fully saturated rings. The first-order valence-corrected chi connectivity index (χ1v) is 25.2. The summed E-state index contributed by atoms with van der Waals surface area (Å²) in [6, 6.07) is -1.14. The van der Waals surface area contributed by atoms with Crippen LogP contribution in [0.4, 0.5) is 4.39 Å². The predicted octanol–water partition coefficient (Wildman–Crippen LogP) is -3.42. The molecule has 77 heavy (non-hydrogen) atoms. The molecule has 0 saturated carbocycles. The minimum absolute atomic E-state index is 0.0511. The molecule has 26 nitrogen and oxygen atoms in total. The van der Waals surface area contributed by atoms with E-state index in [4.69, 9.17) is 25.4 Å². The van der Waals surface area contributed by atoms with E-state index in [2.05, 4.69) is 31.9 Å². The number of aliphatic carboxylic acids is 1. The third-order valence-electron chi connectivity index (χ3n) is 14.1. The lowest BCUT2D eigenvalue weighted by molar-refractivity contribution is -0.301. The number of aliphatic hydroxyl groups is 5. The fraction of sp³-hybridized carbons (Fsp3) is 0.551. The van der Waals surface area contributed by atoms with Crippen molar-refractivity contribution in [2.75, 3.05) is 32.8 Å². The maximum Gasteiger partial charge on any atom is 0.343 e. The number of carboxylic acid groups (broad SMARTS) is 1. The van der Waals surface area contributed by atoms with Gasteiger partial charge in [0.25, 0.3) is 5.56 Å². The van der Waals surface area contributed by atoms with Crippen LogP contribution in [0.15, 0.2) is 16.9 Å². The van der Waals surface area contributed by atoms with Crippen molar-refractivity contribution in [1.29, 1.82) is 1.12 Å². The molecule has 1 aliphatic carbocycles. The first-order chi connectivity index (χ1) is 36.9. The maximum atomic E-state index is 15.5. The number of aliphatic hydroxyl groups excluding tert-OH is 4. The molecule has 1 unspecified atom stereocenters. The van der Waals surface area contributed by atoms with Gasteiger partial charge in [-0.3, -0.25) is 38.4 Å². The van der Waals surface area contributed by atoms with Crippen molar-refractivity contribution in [1.82, 2.24) is 41.5 Å². The summed E-state index contributed by atoms with van der Waals surface area (Å²) in [6.45, 7) is 2.63. The number of carbonyl (C=O) groups excluding carboxylic acids is 7. The van der Waals surface area contributed by atoms with Gasteiger partial charge in [0.15, 0.2) is 11.9 Å². The van der Waals surface area contributed by atoms with Gasteiger partial charge in [-0.25, -0.2) is 14.2 Å². The topological polar surface area (TPSA) is 393 Å². The molecule has 0 spiro atoms. The van der Waals surface area contributed by atoms with Gasteiger partial charge in [-0.1, -0.05) is 20.8 Å². The molecule has 0 radical (unpaired) electrons.